The molecule has 0 saturated heterocycles. The van der Waals surface area contributed by atoms with E-state index in [0.717, 1.165) is 17.3 Å². The molecule has 1 heterocycles. The molecule has 0 bridgehead atoms. The van der Waals surface area contributed by atoms with Crippen LogP contribution in [0.2, 0.25) is 0 Å². The minimum Gasteiger partial charge on any atom is -0.481 e. The van der Waals surface area contributed by atoms with E-state index in [-0.39, 0.29) is 12.2 Å². The van der Waals surface area contributed by atoms with Crippen molar-refractivity contribution < 1.29 is 9.53 Å². The Bertz CT molecular complexity index is 1200. The quantitative estimate of drug-likeness (QED) is 0.370. The number of hydrogen-bond acceptors (Lipinski definition) is 5. The summed E-state index contributed by atoms with van der Waals surface area (Å²) >= 11 is 10.3. The third kappa shape index (κ3) is 5.81. The van der Waals surface area contributed by atoms with Gasteiger partial charge in [-0.3, -0.25) is 9.59 Å². The maximum atomic E-state index is 13.1. The van der Waals surface area contributed by atoms with Crippen molar-refractivity contribution in [3.63, 3.8) is 0 Å². The van der Waals surface area contributed by atoms with Crippen molar-refractivity contribution in [3.05, 3.63) is 65.5 Å². The molecule has 10 heteroatoms. The first-order valence-corrected chi connectivity index (χ1v) is 11.8. The number of fused-ring (bicyclic) bond motifs is 1. The van der Waals surface area contributed by atoms with Gasteiger partial charge in [-0.2, -0.15) is 9.78 Å². The van der Waals surface area contributed by atoms with Gasteiger partial charge in [0.25, 0.3) is 11.5 Å². The van der Waals surface area contributed by atoms with Gasteiger partial charge in [-0.25, -0.2) is 4.98 Å². The summed E-state index contributed by atoms with van der Waals surface area (Å²) in [4.78, 5) is 28.8. The van der Waals surface area contributed by atoms with Crippen LogP contribution in [0, 0.1) is 0 Å². The molecule has 3 aromatic rings. The van der Waals surface area contributed by atoms with E-state index in [4.69, 9.17) is 10.5 Å². The normalized spacial score (nSPS) is 11.4. The van der Waals surface area contributed by atoms with Crippen molar-refractivity contribution in [2.45, 2.75) is 26.2 Å². The highest BCUT2D eigenvalue weighted by molar-refractivity contribution is 9.11. The zero-order valence-corrected chi connectivity index (χ0v) is 21.3. The van der Waals surface area contributed by atoms with Gasteiger partial charge in [-0.1, -0.05) is 29.3 Å². The highest BCUT2D eigenvalue weighted by atomic mass is 79.9. The standard InChI is InChI=1S/C21H19Br3N4O3/c1-2-3-4-19-27-17-6-5-13(22)9-14(17)21(30)28(19)26-10-12-7-15(23)20(16(24)8-12)31-11-18(25)29/h5-10H,2-4,11H2,1H3,(H2,25,29). The molecule has 1 aromatic heterocycles. The number of ether oxygens (including phenoxy) is 1. The zero-order valence-electron chi connectivity index (χ0n) is 16.6. The van der Waals surface area contributed by atoms with Gasteiger partial charge in [0.1, 0.15) is 11.6 Å². The largest absolute Gasteiger partial charge is 0.481 e. The number of primary amides is 1. The van der Waals surface area contributed by atoms with Crippen LogP contribution < -0.4 is 16.0 Å². The Balaban J connectivity index is 2.02. The lowest BCUT2D eigenvalue weighted by Gasteiger charge is -2.11. The highest BCUT2D eigenvalue weighted by Gasteiger charge is 2.12. The Kier molecular flexibility index (Phi) is 8.01. The number of nitrogens with zero attached hydrogens (tertiary/aromatic N) is 3. The minimum atomic E-state index is -0.570. The number of aryl methyl sites for hydroxylation is 1. The van der Waals surface area contributed by atoms with Crippen molar-refractivity contribution in [1.82, 2.24) is 9.66 Å². The monoisotopic (exact) mass is 612 g/mol. The van der Waals surface area contributed by atoms with E-state index >= 15 is 0 Å². The smallest absolute Gasteiger partial charge is 0.282 e. The molecular formula is C21H19Br3N4O3. The fourth-order valence-electron chi connectivity index (χ4n) is 2.87. The number of rotatable bonds is 8. The molecule has 0 atom stereocenters. The molecule has 0 radical (unpaired) electrons. The van der Waals surface area contributed by atoms with Crippen molar-refractivity contribution >= 4 is 70.8 Å². The Morgan fingerprint density at radius 2 is 1.94 bits per heavy atom. The van der Waals surface area contributed by atoms with Crippen molar-refractivity contribution in [2.24, 2.45) is 10.8 Å². The number of carbonyl (C=O) groups is 1. The molecule has 0 unspecified atom stereocenters. The van der Waals surface area contributed by atoms with E-state index in [1.807, 2.05) is 12.1 Å². The predicted octanol–water partition coefficient (Wildman–Crippen LogP) is 4.77. The van der Waals surface area contributed by atoms with Crippen LogP contribution in [0.1, 0.15) is 31.2 Å². The molecule has 31 heavy (non-hydrogen) atoms. The highest BCUT2D eigenvalue weighted by Crippen LogP contribution is 2.34. The molecule has 7 nitrogen and oxygen atoms in total. The summed E-state index contributed by atoms with van der Waals surface area (Å²) in [7, 11) is 0. The molecule has 2 aromatic carbocycles. The van der Waals surface area contributed by atoms with Gasteiger partial charge in [-0.15, -0.1) is 0 Å². The summed E-state index contributed by atoms with van der Waals surface area (Å²) in [5.74, 6) is 0.491. The number of unbranched alkanes of at least 4 members (excludes halogenated alkanes) is 1. The van der Waals surface area contributed by atoms with E-state index in [9.17, 15) is 9.59 Å². The lowest BCUT2D eigenvalue weighted by Crippen LogP contribution is -2.22. The zero-order chi connectivity index (χ0) is 22.5. The molecule has 162 valence electrons. The van der Waals surface area contributed by atoms with Crippen LogP contribution in [0.3, 0.4) is 0 Å². The van der Waals surface area contributed by atoms with Crippen LogP contribution in [0.4, 0.5) is 0 Å². The third-order valence-corrected chi connectivity index (χ3v) is 6.00. The average molecular weight is 615 g/mol. The maximum Gasteiger partial charge on any atom is 0.282 e. The van der Waals surface area contributed by atoms with Crippen molar-refractivity contribution in [2.75, 3.05) is 6.61 Å². The lowest BCUT2D eigenvalue weighted by molar-refractivity contribution is -0.119. The van der Waals surface area contributed by atoms with Crippen molar-refractivity contribution in [1.29, 1.82) is 0 Å². The Labute approximate surface area is 204 Å². The van der Waals surface area contributed by atoms with Gasteiger partial charge in [-0.05, 0) is 74.2 Å². The van der Waals surface area contributed by atoms with Crippen LogP contribution in [0.5, 0.6) is 5.75 Å². The molecule has 0 saturated carbocycles. The van der Waals surface area contributed by atoms with Gasteiger partial charge in [0.2, 0.25) is 0 Å². The van der Waals surface area contributed by atoms with Gasteiger partial charge >= 0.3 is 0 Å². The maximum absolute atomic E-state index is 13.1. The summed E-state index contributed by atoms with van der Waals surface area (Å²) in [5.41, 5.74) is 6.27. The minimum absolute atomic E-state index is 0.229. The first-order chi connectivity index (χ1) is 14.8. The first-order valence-electron chi connectivity index (χ1n) is 9.45. The van der Waals surface area contributed by atoms with Crippen LogP contribution >= 0.6 is 47.8 Å². The van der Waals surface area contributed by atoms with E-state index < -0.39 is 5.91 Å². The second-order valence-corrected chi connectivity index (χ2v) is 9.35. The van der Waals surface area contributed by atoms with E-state index in [1.54, 1.807) is 24.4 Å². The molecular weight excluding hydrogens is 596 g/mol. The fourth-order valence-corrected chi connectivity index (χ4v) is 4.68. The van der Waals surface area contributed by atoms with E-state index in [1.165, 1.54) is 4.68 Å². The summed E-state index contributed by atoms with van der Waals surface area (Å²) < 4.78 is 8.79. The van der Waals surface area contributed by atoms with Crippen LogP contribution in [0.15, 0.2) is 53.6 Å². The van der Waals surface area contributed by atoms with Crippen molar-refractivity contribution in [3.8, 4) is 5.75 Å². The predicted molar refractivity (Wildman–Crippen MR) is 132 cm³/mol. The van der Waals surface area contributed by atoms with Gasteiger partial charge in [0, 0.05) is 10.9 Å². The average Bonchev–Trinajstić information content (AvgIpc) is 2.71. The number of nitrogens with two attached hydrogens (primary N) is 1. The van der Waals surface area contributed by atoms with Crippen LogP contribution in [-0.2, 0) is 11.2 Å². The number of aromatic nitrogens is 2. The second kappa shape index (κ2) is 10.5. The number of hydrogen-bond donors (Lipinski definition) is 1. The topological polar surface area (TPSA) is 99.6 Å². The fraction of sp³-hybridized carbons (Fsp3) is 0.238. The van der Waals surface area contributed by atoms with Gasteiger partial charge in [0.15, 0.2) is 6.61 Å². The van der Waals surface area contributed by atoms with Gasteiger partial charge < -0.3 is 10.5 Å². The van der Waals surface area contributed by atoms with Crippen LogP contribution in [-0.4, -0.2) is 28.4 Å². The summed E-state index contributed by atoms with van der Waals surface area (Å²) in [6, 6.07) is 8.98. The molecule has 3 rings (SSSR count). The van der Waals surface area contributed by atoms with E-state index in [2.05, 4.69) is 64.8 Å². The summed E-state index contributed by atoms with van der Waals surface area (Å²) in [5, 5.41) is 4.93. The SMILES string of the molecule is CCCCc1nc2ccc(Br)cc2c(=O)n1N=Cc1cc(Br)c(OCC(N)=O)c(Br)c1. The Morgan fingerprint density at radius 3 is 2.58 bits per heavy atom. The Hall–Kier alpha value is -2.04. The molecule has 0 fully saturated rings. The summed E-state index contributed by atoms with van der Waals surface area (Å²) in [6.07, 6.45) is 4.09. The van der Waals surface area contributed by atoms with E-state index in [0.29, 0.717) is 43.4 Å². The molecule has 0 aliphatic carbocycles. The van der Waals surface area contributed by atoms with Crippen LogP contribution in [0.25, 0.3) is 10.9 Å². The first kappa shape index (κ1) is 23.6. The lowest BCUT2D eigenvalue weighted by atomic mass is 10.2. The number of benzene rings is 2. The third-order valence-electron chi connectivity index (χ3n) is 4.33. The molecule has 0 aliphatic heterocycles. The molecule has 1 amide bonds. The Morgan fingerprint density at radius 1 is 1.23 bits per heavy atom. The number of carbonyl (C=O) groups excluding carboxylic acids is 1. The number of halogens is 3. The number of amides is 1. The molecule has 2 N–H and O–H groups in total. The molecule has 0 aliphatic rings. The second-order valence-electron chi connectivity index (χ2n) is 6.72. The molecule has 0 spiro atoms. The summed E-state index contributed by atoms with van der Waals surface area (Å²) in [6.45, 7) is 1.85. The van der Waals surface area contributed by atoms with Gasteiger partial charge in [0.05, 0.1) is 26.1 Å².